The monoisotopic (exact) mass is 607 g/mol. The molecule has 0 saturated carbocycles. The van der Waals surface area contributed by atoms with Crippen molar-refractivity contribution >= 4 is 45.8 Å². The first kappa shape index (κ1) is 30.0. The Morgan fingerprint density at radius 3 is 2.61 bits per heavy atom. The number of aryl methyl sites for hydroxylation is 1. The van der Waals surface area contributed by atoms with Crippen LogP contribution >= 0.6 is 22.9 Å². The summed E-state index contributed by atoms with van der Waals surface area (Å²) in [5.41, 5.74) is 1.09. The first-order valence-electron chi connectivity index (χ1n) is 12.1. The summed E-state index contributed by atoms with van der Waals surface area (Å²) >= 11 is 7.23. The van der Waals surface area contributed by atoms with Gasteiger partial charge in [0.05, 0.1) is 34.5 Å². The van der Waals surface area contributed by atoms with E-state index >= 15 is 0 Å². The molecule has 3 N–H and O–H groups in total. The van der Waals surface area contributed by atoms with Gasteiger partial charge in [-0.1, -0.05) is 48.1 Å². The number of rotatable bonds is 8. The van der Waals surface area contributed by atoms with Crippen LogP contribution in [0.2, 0.25) is 5.02 Å². The van der Waals surface area contributed by atoms with E-state index in [1.165, 1.54) is 24.1 Å². The van der Waals surface area contributed by atoms with Crippen LogP contribution < -0.4 is 16.0 Å². The summed E-state index contributed by atoms with van der Waals surface area (Å²) in [5.74, 6) is -0.620. The van der Waals surface area contributed by atoms with Crippen molar-refractivity contribution in [2.24, 2.45) is 0 Å². The smallest absolute Gasteiger partial charge is 0.417 e. The molecule has 2 aromatic heterocycles. The molecule has 41 heavy (non-hydrogen) atoms. The van der Waals surface area contributed by atoms with Gasteiger partial charge in [-0.3, -0.25) is 10.1 Å². The third-order valence-electron chi connectivity index (χ3n) is 5.78. The fourth-order valence-corrected chi connectivity index (χ4v) is 4.72. The number of hydrogen-bond acceptors (Lipinski definition) is 8. The highest BCUT2D eigenvalue weighted by Crippen LogP contribution is 2.38. The van der Waals surface area contributed by atoms with E-state index in [1.807, 2.05) is 20.8 Å². The van der Waals surface area contributed by atoms with Crippen molar-refractivity contribution in [1.29, 1.82) is 0 Å². The van der Waals surface area contributed by atoms with Gasteiger partial charge in [-0.15, -0.1) is 5.10 Å². The molecule has 4 aromatic rings. The number of nitrogens with one attached hydrogen (secondary N) is 3. The summed E-state index contributed by atoms with van der Waals surface area (Å²) < 4.78 is 47.1. The van der Waals surface area contributed by atoms with Crippen LogP contribution in [-0.4, -0.2) is 45.1 Å². The molecule has 0 aliphatic carbocycles. The zero-order chi connectivity index (χ0) is 29.9. The highest BCUT2D eigenvalue weighted by molar-refractivity contribution is 7.19. The molecule has 2 amide bonds. The Morgan fingerprint density at radius 2 is 1.93 bits per heavy atom. The molecular formula is C26H25ClF3N7O3S. The minimum atomic E-state index is -4.71. The third-order valence-corrected chi connectivity index (χ3v) is 7.16. The van der Waals surface area contributed by atoms with Crippen molar-refractivity contribution in [2.75, 3.05) is 17.7 Å². The van der Waals surface area contributed by atoms with Crippen LogP contribution in [0.1, 0.15) is 40.9 Å². The van der Waals surface area contributed by atoms with Gasteiger partial charge in [-0.05, 0) is 42.3 Å². The number of anilines is 2. The zero-order valence-electron chi connectivity index (χ0n) is 22.3. The molecule has 0 aliphatic heterocycles. The number of alkyl halides is 3. The van der Waals surface area contributed by atoms with E-state index in [0.717, 1.165) is 23.0 Å². The predicted molar refractivity (Wildman–Crippen MR) is 150 cm³/mol. The summed E-state index contributed by atoms with van der Waals surface area (Å²) in [6.07, 6.45) is -2.22. The zero-order valence-corrected chi connectivity index (χ0v) is 23.8. The molecule has 10 nitrogen and oxygen atoms in total. The highest BCUT2D eigenvalue weighted by atomic mass is 35.5. The molecule has 4 rings (SSSR count). The fraction of sp³-hybridized carbons (Fsp3) is 0.269. The van der Waals surface area contributed by atoms with Gasteiger partial charge < -0.3 is 15.4 Å². The maximum Gasteiger partial charge on any atom is 0.417 e. The number of benzene rings is 2. The quantitative estimate of drug-likeness (QED) is 0.215. The van der Waals surface area contributed by atoms with Crippen LogP contribution in [0.3, 0.4) is 0 Å². The van der Waals surface area contributed by atoms with Crippen LogP contribution in [-0.2, 0) is 17.5 Å². The van der Waals surface area contributed by atoms with E-state index in [4.69, 9.17) is 11.6 Å². The molecule has 15 heteroatoms. The van der Waals surface area contributed by atoms with Crippen LogP contribution in [0.25, 0.3) is 16.3 Å². The lowest BCUT2D eigenvalue weighted by molar-refractivity contribution is -0.137. The minimum absolute atomic E-state index is 0.0107. The van der Waals surface area contributed by atoms with Gasteiger partial charge in [0, 0.05) is 30.0 Å². The number of carbonyl (C=O) groups is 2. The maximum absolute atomic E-state index is 13.7. The summed E-state index contributed by atoms with van der Waals surface area (Å²) in [5, 5.41) is 16.3. The average molecular weight is 608 g/mol. The number of thiazole rings is 1. The minimum Gasteiger partial charge on any atom is -0.453 e. The van der Waals surface area contributed by atoms with Gasteiger partial charge in [0.15, 0.2) is 5.13 Å². The number of hydrogen-bond donors (Lipinski definition) is 3. The lowest BCUT2D eigenvalue weighted by atomic mass is 10.1. The molecule has 0 bridgehead atoms. The van der Waals surface area contributed by atoms with Crippen molar-refractivity contribution in [3.63, 3.8) is 0 Å². The van der Waals surface area contributed by atoms with Gasteiger partial charge in [0.25, 0.3) is 5.91 Å². The Bertz CT molecular complexity index is 1590. The molecule has 2 aromatic carbocycles. The summed E-state index contributed by atoms with van der Waals surface area (Å²) in [7, 11) is 1.24. The highest BCUT2D eigenvalue weighted by Gasteiger charge is 2.35. The fourth-order valence-electron chi connectivity index (χ4n) is 3.69. The number of halogens is 4. The lowest BCUT2D eigenvalue weighted by Crippen LogP contribution is -2.23. The number of carbonyl (C=O) groups excluding carboxylic acids is 2. The van der Waals surface area contributed by atoms with Gasteiger partial charge in [0.2, 0.25) is 0 Å². The number of amides is 2. The average Bonchev–Trinajstić information content (AvgIpc) is 3.58. The number of ether oxygens (including phenoxy) is 1. The van der Waals surface area contributed by atoms with E-state index in [2.05, 4.69) is 36.0 Å². The summed E-state index contributed by atoms with van der Waals surface area (Å²) in [4.78, 5) is 29.3. The maximum atomic E-state index is 13.7. The Labute approximate surface area is 241 Å². The normalized spacial score (nSPS) is 11.5. The summed E-state index contributed by atoms with van der Waals surface area (Å²) in [6, 6.07) is 7.05. The SMILES string of the molecule is COC(=O)Nc1ncc(-c2cn(-c3cc(C(=O)Nc4cc(CNC(C)C)c(Cl)c(C(F)(F)F)c4)ccc3C)nn2)s1. The standard InChI is InChI=1S/C26H25ClF3N7O3S/c1-13(2)31-10-16-7-17(9-18(22(16)27)26(28,29)30)33-23(38)15-6-5-14(3)20(8-15)37-12-19(35-36-37)21-11-32-24(41-21)34-25(39)40-4/h5-9,11-13,31H,10H2,1-4H3,(H,33,38)(H,32,34,39). The van der Waals surface area contributed by atoms with Crippen LogP contribution in [0.4, 0.5) is 28.8 Å². The van der Waals surface area contributed by atoms with Gasteiger partial charge >= 0.3 is 12.3 Å². The van der Waals surface area contributed by atoms with Crippen LogP contribution in [0, 0.1) is 6.92 Å². The van der Waals surface area contributed by atoms with E-state index in [9.17, 15) is 22.8 Å². The number of methoxy groups -OCH3 is 1. The van der Waals surface area contributed by atoms with Crippen LogP contribution in [0.5, 0.6) is 0 Å². The molecule has 0 saturated heterocycles. The van der Waals surface area contributed by atoms with Crippen LogP contribution in [0.15, 0.2) is 42.7 Å². The Balaban J connectivity index is 1.59. The van der Waals surface area contributed by atoms with Crippen molar-refractivity contribution in [1.82, 2.24) is 25.3 Å². The second-order valence-corrected chi connectivity index (χ2v) is 10.6. The van der Waals surface area contributed by atoms with Crippen molar-refractivity contribution in [3.05, 3.63) is 70.0 Å². The second-order valence-electron chi connectivity index (χ2n) is 9.18. The molecule has 2 heterocycles. The molecule has 216 valence electrons. The van der Waals surface area contributed by atoms with Crippen molar-refractivity contribution in [2.45, 2.75) is 39.5 Å². The van der Waals surface area contributed by atoms with E-state index < -0.39 is 28.8 Å². The third kappa shape index (κ3) is 7.20. The van der Waals surface area contributed by atoms with E-state index in [0.29, 0.717) is 21.4 Å². The largest absolute Gasteiger partial charge is 0.453 e. The first-order chi connectivity index (χ1) is 19.3. The predicted octanol–water partition coefficient (Wildman–Crippen LogP) is 6.30. The van der Waals surface area contributed by atoms with E-state index in [-0.39, 0.29) is 29.4 Å². The van der Waals surface area contributed by atoms with E-state index in [1.54, 1.807) is 24.4 Å². The van der Waals surface area contributed by atoms with Crippen molar-refractivity contribution in [3.8, 4) is 16.3 Å². The Morgan fingerprint density at radius 1 is 1.17 bits per heavy atom. The molecular weight excluding hydrogens is 583 g/mol. The summed E-state index contributed by atoms with van der Waals surface area (Å²) in [6.45, 7) is 5.61. The van der Waals surface area contributed by atoms with Crippen molar-refractivity contribution < 1.29 is 27.5 Å². The Kier molecular flexibility index (Phi) is 8.95. The van der Waals surface area contributed by atoms with Gasteiger partial charge in [0.1, 0.15) is 5.69 Å². The Hall–Kier alpha value is -4.01. The molecule has 0 aliphatic rings. The topological polar surface area (TPSA) is 123 Å². The van der Waals surface area contributed by atoms with Gasteiger partial charge in [-0.25, -0.2) is 14.5 Å². The molecule has 0 unspecified atom stereocenters. The lowest BCUT2D eigenvalue weighted by Gasteiger charge is -2.17. The number of aromatic nitrogens is 4. The molecule has 0 fully saturated rings. The second kappa shape index (κ2) is 12.2. The first-order valence-corrected chi connectivity index (χ1v) is 13.3. The number of nitrogens with zero attached hydrogens (tertiary/aromatic N) is 4. The molecule has 0 radical (unpaired) electrons. The van der Waals surface area contributed by atoms with Gasteiger partial charge in [-0.2, -0.15) is 13.2 Å². The molecule has 0 atom stereocenters. The molecule has 0 spiro atoms.